The smallest absolute Gasteiger partial charge is 0.187 e. The molecule has 0 amide bonds. The molecule has 13 N–H and O–H groups in total. The Kier molecular flexibility index (Phi) is 15.1. The van der Waals surface area contributed by atoms with Crippen molar-refractivity contribution in [3.05, 3.63) is 0 Å². The molecule has 3 saturated heterocycles. The van der Waals surface area contributed by atoms with Crippen molar-refractivity contribution >= 4 is 0 Å². The van der Waals surface area contributed by atoms with Crippen LogP contribution in [0.25, 0.3) is 0 Å². The molecule has 0 aromatic carbocycles. The van der Waals surface area contributed by atoms with E-state index in [1.54, 1.807) is 13.8 Å². The molecule has 8 rings (SSSR count). The van der Waals surface area contributed by atoms with Crippen LogP contribution in [0.5, 0.6) is 0 Å². The zero-order chi connectivity index (χ0) is 49.8. The minimum Gasteiger partial charge on any atom is -0.394 e. The monoisotopic (exact) mass is 977 g/mol. The van der Waals surface area contributed by atoms with E-state index in [2.05, 4.69) is 34.6 Å². The predicted molar refractivity (Wildman–Crippen MR) is 238 cm³/mol. The van der Waals surface area contributed by atoms with Gasteiger partial charge in [0.25, 0.3) is 0 Å². The van der Waals surface area contributed by atoms with Gasteiger partial charge >= 0.3 is 0 Å². The van der Waals surface area contributed by atoms with Gasteiger partial charge in [0, 0.05) is 0 Å². The minimum atomic E-state index is -1.79. The van der Waals surface area contributed by atoms with Crippen LogP contribution in [0.3, 0.4) is 0 Å². The Hall–Kier alpha value is -0.760. The van der Waals surface area contributed by atoms with E-state index in [4.69, 9.17) is 28.4 Å². The summed E-state index contributed by atoms with van der Waals surface area (Å²) in [4.78, 5) is 0. The Bertz CT molecular complexity index is 1740. The van der Waals surface area contributed by atoms with E-state index in [9.17, 15) is 66.4 Å². The molecule has 8 aliphatic rings. The maximum Gasteiger partial charge on any atom is 0.187 e. The number of fused-ring (bicyclic) bond motifs is 2. The first kappa shape index (κ1) is 53.5. The van der Waals surface area contributed by atoms with Gasteiger partial charge in [0.2, 0.25) is 0 Å². The molecule has 3 heterocycles. The van der Waals surface area contributed by atoms with Gasteiger partial charge in [0.05, 0.1) is 43.7 Å². The zero-order valence-corrected chi connectivity index (χ0v) is 40.9. The Balaban J connectivity index is 0.977. The Morgan fingerprint density at radius 3 is 1.75 bits per heavy atom. The lowest BCUT2D eigenvalue weighted by molar-refractivity contribution is -0.378. The maximum absolute atomic E-state index is 12.7. The minimum absolute atomic E-state index is 0.0414. The molecular weight excluding hydrogens is 893 g/mol. The molecule has 0 aromatic rings. The van der Waals surface area contributed by atoms with Crippen molar-refractivity contribution in [2.45, 2.75) is 235 Å². The second-order valence-electron chi connectivity index (χ2n) is 23.9. The van der Waals surface area contributed by atoms with Gasteiger partial charge < -0.3 is 94.8 Å². The van der Waals surface area contributed by atoms with E-state index in [-0.39, 0.29) is 39.4 Å². The van der Waals surface area contributed by atoms with Crippen LogP contribution in [0, 0.1) is 50.7 Å². The number of hydrogen-bond acceptors (Lipinski definition) is 19. The van der Waals surface area contributed by atoms with E-state index >= 15 is 0 Å². The van der Waals surface area contributed by atoms with Gasteiger partial charge in [-0.05, 0) is 135 Å². The molecule has 19 heteroatoms. The van der Waals surface area contributed by atoms with Crippen molar-refractivity contribution < 1.29 is 94.8 Å². The molecule has 68 heavy (non-hydrogen) atoms. The van der Waals surface area contributed by atoms with Crippen LogP contribution in [0.2, 0.25) is 0 Å². The van der Waals surface area contributed by atoms with Crippen LogP contribution >= 0.6 is 0 Å². The maximum atomic E-state index is 12.7. The molecule has 394 valence electrons. The molecular formula is C49H84O19. The van der Waals surface area contributed by atoms with Gasteiger partial charge in [0.1, 0.15) is 73.2 Å². The summed E-state index contributed by atoms with van der Waals surface area (Å²) in [6.45, 7) is 12.7. The highest BCUT2D eigenvalue weighted by atomic mass is 16.8. The van der Waals surface area contributed by atoms with Gasteiger partial charge in [-0.3, -0.25) is 0 Å². The van der Waals surface area contributed by atoms with Crippen molar-refractivity contribution in [1.82, 2.24) is 0 Å². The third kappa shape index (κ3) is 8.29. The van der Waals surface area contributed by atoms with Crippen molar-refractivity contribution in [3.8, 4) is 0 Å². The molecule has 0 radical (unpaired) electrons. The standard InChI is InChI=1S/C49H84O19/c1-8-45(5)28-17-24(53)40-47(7)13-11-23(22(2)9-10-29(44(3,4)62)66-41-37(60)34(57)31(54)25(18-50)63-41)46(47,6)15-16-49(40)21-48(28,49)14-12-30(45)67-43-39(36(59)33(56)27(20-52)65-43)68-42-38(61)35(58)32(55)26(19-51)64-42/h22-43,50-62H,8-21H2,1-7H3/t22-,23?,24+,25-,26-,27-,28?,29-,30+,31-,32-,33-,34+,35+,36+,37-,38-,39-,40?,41+,42+,43+,45-,46-,47+,48?,49?/m1/s1. The number of hydrogen-bond donors (Lipinski definition) is 13. The fourth-order valence-electron chi connectivity index (χ4n) is 16.2. The lowest BCUT2D eigenvalue weighted by atomic mass is 9.41. The van der Waals surface area contributed by atoms with Gasteiger partial charge in [-0.15, -0.1) is 0 Å². The normalized spacial score (nSPS) is 54.5. The Morgan fingerprint density at radius 1 is 0.618 bits per heavy atom. The van der Waals surface area contributed by atoms with E-state index in [0.29, 0.717) is 38.0 Å². The SMILES string of the molecule is CC[C@]1(C)C2C[C@H](O)C3C4(CC[C@]5(C)C([C@H](C)CC[C@@H](O[C@@H]6O[C@H](CO)[C@@H](O)[C@H](O)[C@H]6O)C(C)(C)O)CC[C@@]35C)CC24CC[C@@H]1O[C@@H]1O[C@H](CO)[C@@H](O)[C@H](O)[C@H]1O[C@@H]1O[C@H](CO)[C@@H](O)[C@H](O)[C@H]1O. The third-order valence-electron chi connectivity index (χ3n) is 20.4. The number of aliphatic hydroxyl groups is 13. The second kappa shape index (κ2) is 19.2. The van der Waals surface area contributed by atoms with Crippen molar-refractivity contribution in [2.75, 3.05) is 19.8 Å². The van der Waals surface area contributed by atoms with Crippen molar-refractivity contribution in [3.63, 3.8) is 0 Å². The van der Waals surface area contributed by atoms with E-state index in [0.717, 1.165) is 38.5 Å². The van der Waals surface area contributed by atoms with Gasteiger partial charge in [-0.1, -0.05) is 34.6 Å². The number of rotatable bonds is 15. The predicted octanol–water partition coefficient (Wildman–Crippen LogP) is -0.832. The van der Waals surface area contributed by atoms with Gasteiger partial charge in [-0.2, -0.15) is 0 Å². The van der Waals surface area contributed by atoms with Crippen LogP contribution in [-0.2, 0) is 28.4 Å². The van der Waals surface area contributed by atoms with Crippen LogP contribution in [0.15, 0.2) is 0 Å². The largest absolute Gasteiger partial charge is 0.394 e. The molecule has 8 fully saturated rings. The van der Waals surface area contributed by atoms with Gasteiger partial charge in [0.15, 0.2) is 18.9 Å². The first-order valence-corrected chi connectivity index (χ1v) is 25.4. The second-order valence-corrected chi connectivity index (χ2v) is 23.9. The van der Waals surface area contributed by atoms with Gasteiger partial charge in [-0.25, -0.2) is 0 Å². The summed E-state index contributed by atoms with van der Waals surface area (Å²) in [5.74, 6) is 0.653. The molecule has 19 nitrogen and oxygen atoms in total. The molecule has 5 unspecified atom stereocenters. The fraction of sp³-hybridized carbons (Fsp3) is 1.00. The van der Waals surface area contributed by atoms with E-state index in [1.807, 2.05) is 0 Å². The van der Waals surface area contributed by atoms with Crippen LogP contribution in [-0.4, -0.2) is 202 Å². The topological polar surface area (TPSA) is 318 Å². The lowest BCUT2D eigenvalue weighted by Gasteiger charge is -2.65. The van der Waals surface area contributed by atoms with E-state index < -0.39 is 141 Å². The third-order valence-corrected chi connectivity index (χ3v) is 20.4. The summed E-state index contributed by atoms with van der Waals surface area (Å²) in [5.41, 5.74) is -2.23. The van der Waals surface area contributed by atoms with Crippen molar-refractivity contribution in [2.24, 2.45) is 50.7 Å². The zero-order valence-electron chi connectivity index (χ0n) is 40.9. The molecule has 3 aliphatic heterocycles. The number of ether oxygens (including phenoxy) is 6. The highest BCUT2D eigenvalue weighted by molar-refractivity contribution is 5.32. The summed E-state index contributed by atoms with van der Waals surface area (Å²) in [7, 11) is 0. The molecule has 0 aromatic heterocycles. The molecule has 2 spiro atoms. The first-order valence-electron chi connectivity index (χ1n) is 25.4. The summed E-state index contributed by atoms with van der Waals surface area (Å²) in [6, 6.07) is 0. The molecule has 27 atom stereocenters. The molecule has 5 aliphatic carbocycles. The Morgan fingerprint density at radius 2 is 1.18 bits per heavy atom. The highest BCUT2D eigenvalue weighted by Crippen LogP contribution is 2.89. The highest BCUT2D eigenvalue weighted by Gasteiger charge is 2.84. The van der Waals surface area contributed by atoms with E-state index in [1.165, 1.54) is 0 Å². The average Bonchev–Trinajstić information content (AvgIpc) is 3.86. The fourth-order valence-corrected chi connectivity index (χ4v) is 16.2. The number of aliphatic hydroxyl groups excluding tert-OH is 12. The van der Waals surface area contributed by atoms with Crippen LogP contribution in [0.1, 0.15) is 119 Å². The quantitative estimate of drug-likeness (QED) is 0.0891. The van der Waals surface area contributed by atoms with Crippen LogP contribution in [0.4, 0.5) is 0 Å². The lowest BCUT2D eigenvalue weighted by Crippen LogP contribution is -2.66. The summed E-state index contributed by atoms with van der Waals surface area (Å²) in [6.07, 6.45) is -15.8. The molecule has 0 bridgehead atoms. The van der Waals surface area contributed by atoms with Crippen molar-refractivity contribution in [1.29, 1.82) is 0 Å². The van der Waals surface area contributed by atoms with Crippen LogP contribution < -0.4 is 0 Å². The summed E-state index contributed by atoms with van der Waals surface area (Å²) in [5, 5.41) is 139. The average molecular weight is 977 g/mol. The first-order chi connectivity index (χ1) is 31.8. The molecule has 5 saturated carbocycles. The summed E-state index contributed by atoms with van der Waals surface area (Å²) >= 11 is 0. The Labute approximate surface area is 399 Å². The summed E-state index contributed by atoms with van der Waals surface area (Å²) < 4.78 is 36.4.